The highest BCUT2D eigenvalue weighted by Crippen LogP contribution is 2.33. The maximum Gasteiger partial charge on any atom is 0.422 e. The predicted octanol–water partition coefficient (Wildman–Crippen LogP) is 0.170. The molecule has 2 N–H and O–H groups in total. The number of carbonyl (C=O) groups excluding carboxylic acids is 1. The third-order valence-corrected chi connectivity index (χ3v) is 3.65. The fraction of sp³-hybridized carbons (Fsp3) is 0.615. The van der Waals surface area contributed by atoms with Crippen LogP contribution in [0.3, 0.4) is 0 Å². The lowest BCUT2D eigenvalue weighted by Crippen LogP contribution is -2.37. The number of aliphatic hydroxyl groups excluding tert-OH is 1. The Morgan fingerprint density at radius 2 is 2.04 bits per heavy atom. The van der Waals surface area contributed by atoms with Crippen molar-refractivity contribution in [1.82, 2.24) is 9.55 Å². The summed E-state index contributed by atoms with van der Waals surface area (Å²) in [4.78, 5) is 37.0. The second kappa shape index (κ2) is 6.40. The summed E-state index contributed by atoms with van der Waals surface area (Å²) in [6, 6.07) is 0. The number of ether oxygens (including phenoxy) is 2. The summed E-state index contributed by atoms with van der Waals surface area (Å²) >= 11 is 0. The van der Waals surface area contributed by atoms with Gasteiger partial charge in [-0.25, -0.2) is 9.59 Å². The van der Waals surface area contributed by atoms with Crippen LogP contribution in [0.1, 0.15) is 30.4 Å². The molecule has 1 saturated heterocycles. The van der Waals surface area contributed by atoms with Gasteiger partial charge in [-0.3, -0.25) is 14.3 Å². The minimum atomic E-state index is -4.75. The number of esters is 1. The second-order valence-corrected chi connectivity index (χ2v) is 5.48. The number of hydrogen-bond acceptors (Lipinski definition) is 6. The first-order chi connectivity index (χ1) is 11.0. The maximum absolute atomic E-state index is 12.1. The first-order valence-electron chi connectivity index (χ1n) is 6.94. The smallest absolute Gasteiger partial charge is 0.422 e. The van der Waals surface area contributed by atoms with Gasteiger partial charge in [0.05, 0.1) is 12.2 Å². The molecule has 1 fully saturated rings. The van der Waals surface area contributed by atoms with E-state index in [9.17, 15) is 32.7 Å². The SMILES string of the molecule is CC1[C@@H](O)[C@@H](C)O[C@H]1n1cc(C(=O)OCC(F)(F)F)c(=O)[nH]c1=O. The molecule has 8 nitrogen and oxygen atoms in total. The molecule has 1 unspecified atom stereocenters. The molecule has 0 radical (unpaired) electrons. The predicted molar refractivity (Wildman–Crippen MR) is 72.4 cm³/mol. The monoisotopic (exact) mass is 352 g/mol. The molecule has 134 valence electrons. The lowest BCUT2D eigenvalue weighted by atomic mass is 10.0. The summed E-state index contributed by atoms with van der Waals surface area (Å²) in [5.41, 5.74) is -2.88. The Hall–Kier alpha value is -2.14. The number of aromatic nitrogens is 2. The number of nitrogens with one attached hydrogen (secondary N) is 1. The fourth-order valence-corrected chi connectivity index (χ4v) is 2.38. The molecule has 24 heavy (non-hydrogen) atoms. The molecule has 0 bridgehead atoms. The lowest BCUT2D eigenvalue weighted by Gasteiger charge is -2.18. The summed E-state index contributed by atoms with van der Waals surface area (Å²) in [5, 5.41) is 9.87. The Balaban J connectivity index is 2.34. The van der Waals surface area contributed by atoms with Gasteiger partial charge in [0.1, 0.15) is 11.8 Å². The normalized spacial score (nSPS) is 27.2. The Bertz CT molecular complexity index is 740. The summed E-state index contributed by atoms with van der Waals surface area (Å²) < 4.78 is 46.5. The number of hydrogen-bond donors (Lipinski definition) is 2. The number of aliphatic hydroxyl groups is 1. The summed E-state index contributed by atoms with van der Waals surface area (Å²) in [7, 11) is 0. The molecule has 0 saturated carbocycles. The van der Waals surface area contributed by atoms with Crippen LogP contribution < -0.4 is 11.2 Å². The van der Waals surface area contributed by atoms with Gasteiger partial charge in [-0.05, 0) is 6.92 Å². The van der Waals surface area contributed by atoms with Crippen LogP contribution >= 0.6 is 0 Å². The van der Waals surface area contributed by atoms with E-state index >= 15 is 0 Å². The molecule has 11 heteroatoms. The maximum atomic E-state index is 12.1. The van der Waals surface area contributed by atoms with Crippen molar-refractivity contribution < 1.29 is 32.5 Å². The van der Waals surface area contributed by atoms with Crippen LogP contribution in [0.5, 0.6) is 0 Å². The first-order valence-corrected chi connectivity index (χ1v) is 6.94. The third kappa shape index (κ3) is 3.67. The van der Waals surface area contributed by atoms with Crippen molar-refractivity contribution in [2.45, 2.75) is 38.5 Å². The fourth-order valence-electron chi connectivity index (χ4n) is 2.38. The Morgan fingerprint density at radius 3 is 2.54 bits per heavy atom. The van der Waals surface area contributed by atoms with Crippen molar-refractivity contribution in [2.75, 3.05) is 6.61 Å². The van der Waals surface area contributed by atoms with Crippen molar-refractivity contribution in [3.63, 3.8) is 0 Å². The van der Waals surface area contributed by atoms with Gasteiger partial charge < -0.3 is 14.6 Å². The average molecular weight is 352 g/mol. The minimum Gasteiger partial charge on any atom is -0.452 e. The van der Waals surface area contributed by atoms with Crippen LogP contribution in [0.2, 0.25) is 0 Å². The second-order valence-electron chi connectivity index (χ2n) is 5.48. The zero-order valence-electron chi connectivity index (χ0n) is 12.7. The van der Waals surface area contributed by atoms with Gasteiger partial charge in [0.25, 0.3) is 5.56 Å². The molecule has 4 atom stereocenters. The van der Waals surface area contributed by atoms with Gasteiger partial charge in [-0.2, -0.15) is 13.2 Å². The molecule has 2 heterocycles. The molecule has 1 aromatic rings. The molecule has 1 aliphatic rings. The number of H-pyrrole nitrogens is 1. The van der Waals surface area contributed by atoms with E-state index in [1.54, 1.807) is 13.8 Å². The Kier molecular flexibility index (Phi) is 4.85. The van der Waals surface area contributed by atoms with Crippen LogP contribution in [0.4, 0.5) is 13.2 Å². The van der Waals surface area contributed by atoms with Crippen LogP contribution in [0.15, 0.2) is 15.8 Å². The van der Waals surface area contributed by atoms with Crippen molar-refractivity contribution in [2.24, 2.45) is 5.92 Å². The number of halogens is 3. The van der Waals surface area contributed by atoms with Crippen molar-refractivity contribution >= 4 is 5.97 Å². The van der Waals surface area contributed by atoms with E-state index in [4.69, 9.17) is 4.74 Å². The number of nitrogens with zero attached hydrogens (tertiary/aromatic N) is 1. The number of alkyl halides is 3. The lowest BCUT2D eigenvalue weighted by molar-refractivity contribution is -0.161. The summed E-state index contributed by atoms with van der Waals surface area (Å²) in [6.07, 6.45) is -6.47. The van der Waals surface area contributed by atoms with E-state index in [0.717, 1.165) is 10.8 Å². The van der Waals surface area contributed by atoms with E-state index in [2.05, 4.69) is 4.74 Å². The Labute approximate surface area is 132 Å². The van der Waals surface area contributed by atoms with Crippen LogP contribution in [0, 0.1) is 5.92 Å². The van der Waals surface area contributed by atoms with E-state index in [0.29, 0.717) is 0 Å². The zero-order valence-corrected chi connectivity index (χ0v) is 12.7. The van der Waals surface area contributed by atoms with E-state index in [-0.39, 0.29) is 0 Å². The molecular weight excluding hydrogens is 337 g/mol. The van der Waals surface area contributed by atoms with Gasteiger partial charge in [0.2, 0.25) is 0 Å². The largest absolute Gasteiger partial charge is 0.452 e. The topological polar surface area (TPSA) is 111 Å². The van der Waals surface area contributed by atoms with E-state index in [1.807, 2.05) is 4.98 Å². The molecule has 1 aromatic heterocycles. The first kappa shape index (κ1) is 18.2. The van der Waals surface area contributed by atoms with Gasteiger partial charge >= 0.3 is 17.8 Å². The quantitative estimate of drug-likeness (QED) is 0.751. The van der Waals surface area contributed by atoms with Crippen LogP contribution in [0.25, 0.3) is 0 Å². The summed E-state index contributed by atoms with van der Waals surface area (Å²) in [5.74, 6) is -2.08. The third-order valence-electron chi connectivity index (χ3n) is 3.65. The standard InChI is InChI=1S/C13H15F3N2O6/c1-5-8(19)6(2)24-10(5)18-3-7(9(20)17-12(18)22)11(21)23-4-13(14,15)16/h3,5-6,8,10,19H,4H2,1-2H3,(H,17,20,22)/t5?,6-,8-,10-/m1/s1. The number of aromatic amines is 1. The molecule has 0 spiro atoms. The van der Waals surface area contributed by atoms with E-state index in [1.165, 1.54) is 0 Å². The molecule has 0 amide bonds. The van der Waals surface area contributed by atoms with Gasteiger partial charge in [0, 0.05) is 12.1 Å². The van der Waals surface area contributed by atoms with Crippen molar-refractivity contribution in [3.05, 3.63) is 32.6 Å². The summed E-state index contributed by atoms with van der Waals surface area (Å²) in [6.45, 7) is 1.28. The molecular formula is C13H15F3N2O6. The van der Waals surface area contributed by atoms with Crippen molar-refractivity contribution in [1.29, 1.82) is 0 Å². The number of carbonyl (C=O) groups is 1. The van der Waals surface area contributed by atoms with Crippen LogP contribution in [-0.2, 0) is 9.47 Å². The molecule has 1 aliphatic heterocycles. The Morgan fingerprint density at radius 1 is 1.42 bits per heavy atom. The van der Waals surface area contributed by atoms with Crippen LogP contribution in [-0.4, -0.2) is 45.6 Å². The highest BCUT2D eigenvalue weighted by Gasteiger charge is 2.40. The molecule has 0 aliphatic carbocycles. The molecule has 2 rings (SSSR count). The highest BCUT2D eigenvalue weighted by atomic mass is 19.4. The average Bonchev–Trinajstić information content (AvgIpc) is 2.72. The minimum absolute atomic E-state index is 0.553. The highest BCUT2D eigenvalue weighted by molar-refractivity contribution is 5.88. The zero-order chi connectivity index (χ0) is 18.2. The van der Waals surface area contributed by atoms with Gasteiger partial charge in [-0.15, -0.1) is 0 Å². The van der Waals surface area contributed by atoms with Crippen molar-refractivity contribution in [3.8, 4) is 0 Å². The van der Waals surface area contributed by atoms with Gasteiger partial charge in [-0.1, -0.05) is 6.92 Å². The van der Waals surface area contributed by atoms with E-state index < -0.39 is 59.9 Å². The molecule has 0 aromatic carbocycles. The van der Waals surface area contributed by atoms with Gasteiger partial charge in [0.15, 0.2) is 6.61 Å². The number of rotatable bonds is 3.